The number of fused-ring (bicyclic) bond motifs is 1. The zero-order chi connectivity index (χ0) is 19.4. The van der Waals surface area contributed by atoms with Gasteiger partial charge in [-0.3, -0.25) is 9.13 Å². The van der Waals surface area contributed by atoms with Gasteiger partial charge in [-0.25, -0.2) is 17.9 Å². The van der Waals surface area contributed by atoms with Crippen LogP contribution in [0.2, 0.25) is 5.02 Å². The molecular formula is C19H20ClN3O3S. The molecule has 4 rings (SSSR count). The standard InChI is InChI=1S/C19H20ClN3O3S/c1-19(8-9-19)21-27(25,26)15-6-7-16-17(11-15)22(2)18(24)23(16)12-13-4-3-5-14(20)10-13/h3-7,10-11,21H,8-9,12H2,1-2H3. The first-order valence-electron chi connectivity index (χ1n) is 8.66. The Morgan fingerprint density at radius 2 is 1.89 bits per heavy atom. The molecule has 1 fully saturated rings. The molecule has 1 saturated carbocycles. The average Bonchev–Trinajstić information content (AvgIpc) is 3.28. The maximum Gasteiger partial charge on any atom is 0.329 e. The van der Waals surface area contributed by atoms with E-state index in [1.807, 2.05) is 25.1 Å². The molecule has 142 valence electrons. The van der Waals surface area contributed by atoms with Crippen LogP contribution in [0.1, 0.15) is 25.3 Å². The van der Waals surface area contributed by atoms with Gasteiger partial charge in [-0.1, -0.05) is 23.7 Å². The number of nitrogens with one attached hydrogen (secondary N) is 1. The molecule has 0 aliphatic heterocycles. The van der Waals surface area contributed by atoms with Crippen molar-refractivity contribution in [1.82, 2.24) is 13.9 Å². The second-order valence-electron chi connectivity index (χ2n) is 7.37. The molecule has 1 aliphatic carbocycles. The normalized spacial score (nSPS) is 16.0. The Kier molecular flexibility index (Phi) is 4.21. The van der Waals surface area contributed by atoms with Crippen LogP contribution in [0, 0.1) is 0 Å². The van der Waals surface area contributed by atoms with Gasteiger partial charge in [0.25, 0.3) is 0 Å². The number of sulfonamides is 1. The van der Waals surface area contributed by atoms with Gasteiger partial charge in [0.15, 0.2) is 0 Å². The Hall–Kier alpha value is -2.09. The summed E-state index contributed by atoms with van der Waals surface area (Å²) in [5.41, 5.74) is 1.60. The fourth-order valence-electron chi connectivity index (χ4n) is 3.20. The summed E-state index contributed by atoms with van der Waals surface area (Å²) in [6.45, 7) is 2.25. The van der Waals surface area contributed by atoms with Gasteiger partial charge >= 0.3 is 5.69 Å². The van der Waals surface area contributed by atoms with E-state index in [-0.39, 0.29) is 16.1 Å². The van der Waals surface area contributed by atoms with Gasteiger partial charge in [-0.2, -0.15) is 0 Å². The minimum Gasteiger partial charge on any atom is -0.295 e. The van der Waals surface area contributed by atoms with Gasteiger partial charge in [-0.15, -0.1) is 0 Å². The lowest BCUT2D eigenvalue weighted by Gasteiger charge is -2.12. The van der Waals surface area contributed by atoms with Crippen molar-refractivity contribution >= 4 is 32.7 Å². The molecule has 0 saturated heterocycles. The first-order valence-corrected chi connectivity index (χ1v) is 10.5. The smallest absolute Gasteiger partial charge is 0.295 e. The summed E-state index contributed by atoms with van der Waals surface area (Å²) in [6.07, 6.45) is 1.67. The first kappa shape index (κ1) is 18.3. The van der Waals surface area contributed by atoms with Gasteiger partial charge in [0.05, 0.1) is 22.5 Å². The third-order valence-corrected chi connectivity index (χ3v) is 6.91. The second kappa shape index (κ2) is 6.22. The molecule has 8 heteroatoms. The highest BCUT2D eigenvalue weighted by atomic mass is 35.5. The number of nitrogens with zero attached hydrogens (tertiary/aromatic N) is 2. The van der Waals surface area contributed by atoms with Crippen molar-refractivity contribution in [1.29, 1.82) is 0 Å². The van der Waals surface area contributed by atoms with Crippen LogP contribution in [0.5, 0.6) is 0 Å². The quantitative estimate of drug-likeness (QED) is 0.709. The topological polar surface area (TPSA) is 73.1 Å². The molecule has 2 aromatic carbocycles. The molecule has 27 heavy (non-hydrogen) atoms. The van der Waals surface area contributed by atoms with E-state index in [1.165, 1.54) is 4.57 Å². The maximum absolute atomic E-state index is 12.7. The predicted molar refractivity (Wildman–Crippen MR) is 106 cm³/mol. The molecule has 0 atom stereocenters. The van der Waals surface area contributed by atoms with E-state index >= 15 is 0 Å². The molecule has 6 nitrogen and oxygen atoms in total. The van der Waals surface area contributed by atoms with Gasteiger partial charge in [0, 0.05) is 17.6 Å². The fourth-order valence-corrected chi connectivity index (χ4v) is 4.90. The summed E-state index contributed by atoms with van der Waals surface area (Å²) < 4.78 is 31.1. The molecule has 0 unspecified atom stereocenters. The average molecular weight is 406 g/mol. The van der Waals surface area contributed by atoms with E-state index in [0.29, 0.717) is 22.6 Å². The van der Waals surface area contributed by atoms with Crippen LogP contribution in [0.4, 0.5) is 0 Å². The van der Waals surface area contributed by atoms with Crippen LogP contribution in [-0.4, -0.2) is 23.1 Å². The number of hydrogen-bond acceptors (Lipinski definition) is 3. The molecule has 3 aromatic rings. The molecule has 0 radical (unpaired) electrons. The number of halogens is 1. The van der Waals surface area contributed by atoms with Crippen LogP contribution in [-0.2, 0) is 23.6 Å². The van der Waals surface area contributed by atoms with Crippen LogP contribution < -0.4 is 10.4 Å². The second-order valence-corrected chi connectivity index (χ2v) is 9.49. The Bertz CT molecular complexity index is 1210. The third kappa shape index (κ3) is 3.42. The summed E-state index contributed by atoms with van der Waals surface area (Å²) in [5, 5.41) is 0.605. The lowest BCUT2D eigenvalue weighted by Crippen LogP contribution is -2.34. The molecule has 1 N–H and O–H groups in total. The lowest BCUT2D eigenvalue weighted by atomic mass is 10.2. The highest BCUT2D eigenvalue weighted by molar-refractivity contribution is 7.89. The van der Waals surface area contributed by atoms with Crippen LogP contribution >= 0.6 is 11.6 Å². The van der Waals surface area contributed by atoms with Crippen molar-refractivity contribution in [2.45, 2.75) is 36.7 Å². The molecule has 0 amide bonds. The molecule has 1 heterocycles. The van der Waals surface area contributed by atoms with Crippen molar-refractivity contribution in [2.75, 3.05) is 0 Å². The number of imidazole rings is 1. The van der Waals surface area contributed by atoms with Gasteiger partial charge in [0.2, 0.25) is 10.0 Å². The summed E-state index contributed by atoms with van der Waals surface area (Å²) in [7, 11) is -1.98. The van der Waals surface area contributed by atoms with E-state index in [1.54, 1.807) is 35.9 Å². The number of hydrogen-bond donors (Lipinski definition) is 1. The minimum absolute atomic E-state index is 0.165. The zero-order valence-electron chi connectivity index (χ0n) is 15.1. The summed E-state index contributed by atoms with van der Waals surface area (Å²) >= 11 is 6.04. The number of aryl methyl sites for hydroxylation is 1. The van der Waals surface area contributed by atoms with E-state index in [9.17, 15) is 13.2 Å². The number of rotatable bonds is 5. The Balaban J connectivity index is 1.77. The highest BCUT2D eigenvalue weighted by Crippen LogP contribution is 2.36. The Labute approximate surface area is 162 Å². The Morgan fingerprint density at radius 1 is 1.15 bits per heavy atom. The van der Waals surface area contributed by atoms with Crippen molar-refractivity contribution < 1.29 is 8.42 Å². The third-order valence-electron chi connectivity index (χ3n) is 5.04. The first-order chi connectivity index (χ1) is 12.7. The predicted octanol–water partition coefficient (Wildman–Crippen LogP) is 2.87. The zero-order valence-corrected chi connectivity index (χ0v) is 16.6. The fraction of sp³-hybridized carbons (Fsp3) is 0.316. The molecular weight excluding hydrogens is 386 g/mol. The van der Waals surface area contributed by atoms with E-state index < -0.39 is 10.0 Å². The Morgan fingerprint density at radius 3 is 2.56 bits per heavy atom. The van der Waals surface area contributed by atoms with Gasteiger partial charge in [-0.05, 0) is 55.7 Å². The van der Waals surface area contributed by atoms with Crippen molar-refractivity contribution in [3.05, 3.63) is 63.5 Å². The highest BCUT2D eigenvalue weighted by Gasteiger charge is 2.41. The summed E-state index contributed by atoms with van der Waals surface area (Å²) in [6, 6.07) is 12.1. The van der Waals surface area contributed by atoms with Gasteiger partial charge < -0.3 is 0 Å². The molecule has 0 bridgehead atoms. The SMILES string of the molecule is Cn1c(=O)n(Cc2cccc(Cl)c2)c2ccc(S(=O)(=O)NC3(C)CC3)cc21. The van der Waals surface area contributed by atoms with Crippen molar-refractivity contribution in [2.24, 2.45) is 7.05 Å². The van der Waals surface area contributed by atoms with Crippen molar-refractivity contribution in [3.63, 3.8) is 0 Å². The number of aromatic nitrogens is 2. The van der Waals surface area contributed by atoms with E-state index in [2.05, 4.69) is 4.72 Å². The molecule has 1 aliphatic rings. The van der Waals surface area contributed by atoms with Gasteiger partial charge in [0.1, 0.15) is 0 Å². The monoisotopic (exact) mass is 405 g/mol. The van der Waals surface area contributed by atoms with Crippen molar-refractivity contribution in [3.8, 4) is 0 Å². The molecule has 0 spiro atoms. The van der Waals surface area contributed by atoms with Crippen LogP contribution in [0.25, 0.3) is 11.0 Å². The van der Waals surface area contributed by atoms with Crippen LogP contribution in [0.3, 0.4) is 0 Å². The lowest BCUT2D eigenvalue weighted by molar-refractivity contribution is 0.558. The van der Waals surface area contributed by atoms with E-state index in [4.69, 9.17) is 11.6 Å². The van der Waals surface area contributed by atoms with E-state index in [0.717, 1.165) is 18.4 Å². The van der Waals surface area contributed by atoms with Crippen LogP contribution in [0.15, 0.2) is 52.2 Å². The molecule has 1 aromatic heterocycles. The largest absolute Gasteiger partial charge is 0.329 e. The summed E-state index contributed by atoms with van der Waals surface area (Å²) in [5.74, 6) is 0. The maximum atomic E-state index is 12.7. The summed E-state index contributed by atoms with van der Waals surface area (Å²) in [4.78, 5) is 12.9. The minimum atomic E-state index is -3.62. The number of benzene rings is 2.